The van der Waals surface area contributed by atoms with E-state index in [1.807, 2.05) is 0 Å². The predicted molar refractivity (Wildman–Crippen MR) is 266 cm³/mol. The largest absolute Gasteiger partial charge is 0.309 e. The van der Waals surface area contributed by atoms with E-state index >= 15 is 0 Å². The molecule has 0 atom stereocenters. The first-order chi connectivity index (χ1) is 31.8. The van der Waals surface area contributed by atoms with Crippen LogP contribution in [0.5, 0.6) is 0 Å². The molecular weight excluding hydrogens is 797 g/mol. The van der Waals surface area contributed by atoms with Crippen LogP contribution in [0, 0.1) is 0 Å². The maximum Gasteiger partial charge on any atom is 0.239 e. The third-order valence-electron chi connectivity index (χ3n) is 13.0. The average molecular weight is 835 g/mol. The highest BCUT2D eigenvalue weighted by molar-refractivity contribution is 7.19. The second kappa shape index (κ2) is 14.3. The van der Waals surface area contributed by atoms with E-state index in [1.165, 1.54) is 21.1 Å². The number of hydrogen-bond acceptors (Lipinski definition) is 3. The Labute approximate surface area is 369 Å². The summed E-state index contributed by atoms with van der Waals surface area (Å²) in [5, 5.41) is 10.5. The van der Waals surface area contributed by atoms with Crippen LogP contribution >= 0.6 is 0 Å². The zero-order valence-corrected chi connectivity index (χ0v) is 35.6. The molecule has 0 amide bonds. The van der Waals surface area contributed by atoms with Gasteiger partial charge in [-0.25, -0.2) is 9.97 Å². The molecule has 0 N–H and O–H groups in total. The molecule has 4 heterocycles. The van der Waals surface area contributed by atoms with Crippen molar-refractivity contribution in [2.24, 2.45) is 0 Å². The Morgan fingerprint density at radius 2 is 0.578 bits per heavy atom. The second-order valence-electron chi connectivity index (χ2n) is 16.4. The Morgan fingerprint density at radius 1 is 0.266 bits per heavy atom. The van der Waals surface area contributed by atoms with Crippen molar-refractivity contribution in [2.75, 3.05) is 0 Å². The van der Waals surface area contributed by atoms with Crippen molar-refractivity contribution < 1.29 is 0 Å². The highest BCUT2D eigenvalue weighted by atomic mass is 28.3. The molecule has 0 bridgehead atoms. The van der Waals surface area contributed by atoms with Gasteiger partial charge in [-0.05, 0) is 64.1 Å². The zero-order chi connectivity index (χ0) is 42.2. The van der Waals surface area contributed by atoms with Gasteiger partial charge in [0.25, 0.3) is 0 Å². The molecule has 0 unspecified atom stereocenters. The van der Waals surface area contributed by atoms with Crippen LogP contribution in [0.25, 0.3) is 83.0 Å². The summed E-state index contributed by atoms with van der Waals surface area (Å²) < 4.78 is 6.87. The van der Waals surface area contributed by atoms with E-state index < -0.39 is 8.07 Å². The van der Waals surface area contributed by atoms with E-state index in [4.69, 9.17) is 15.0 Å². The van der Waals surface area contributed by atoms with Crippen molar-refractivity contribution in [2.45, 2.75) is 0 Å². The summed E-state index contributed by atoms with van der Waals surface area (Å²) in [5.41, 5.74) is 8.29. The Kier molecular flexibility index (Phi) is 8.13. The van der Waals surface area contributed by atoms with E-state index in [9.17, 15) is 0 Å². The fourth-order valence-corrected chi connectivity index (χ4v) is 14.7. The predicted octanol–water partition coefficient (Wildman–Crippen LogP) is 10.5. The average Bonchev–Trinajstić information content (AvgIpc) is 4.01. The molecule has 13 aromatic rings. The molecule has 0 radical (unpaired) electrons. The minimum absolute atomic E-state index is 0.571. The summed E-state index contributed by atoms with van der Waals surface area (Å²) in [6, 6.07) is 82.7. The smallest absolute Gasteiger partial charge is 0.239 e. The van der Waals surface area contributed by atoms with Crippen LogP contribution in [-0.4, -0.2) is 36.7 Å². The number of nitrogens with zero attached hydrogens (tertiary/aromatic N) is 6. The normalized spacial score (nSPS) is 12.1. The van der Waals surface area contributed by atoms with Crippen molar-refractivity contribution in [3.05, 3.63) is 231 Å². The Balaban J connectivity index is 1.19. The Bertz CT molecular complexity index is 3590. The van der Waals surface area contributed by atoms with Gasteiger partial charge < -0.3 is 4.57 Å². The number of hydrogen-bond donors (Lipinski definition) is 0. The molecule has 0 aliphatic carbocycles. The van der Waals surface area contributed by atoms with Crippen molar-refractivity contribution in [1.29, 1.82) is 0 Å². The van der Waals surface area contributed by atoms with Crippen molar-refractivity contribution >= 4 is 94.5 Å². The molecule has 4 aromatic heterocycles. The van der Waals surface area contributed by atoms with Gasteiger partial charge in [0.2, 0.25) is 20.0 Å². The third-order valence-corrected chi connectivity index (χ3v) is 17.5. The molecule has 0 aliphatic heterocycles. The highest BCUT2D eigenvalue weighted by Crippen LogP contribution is 2.34. The Morgan fingerprint density at radius 3 is 0.953 bits per heavy atom. The van der Waals surface area contributed by atoms with Crippen LogP contribution in [0.4, 0.5) is 0 Å². The highest BCUT2D eigenvalue weighted by Gasteiger charge is 2.46. The molecule has 64 heavy (non-hydrogen) atoms. The monoisotopic (exact) mass is 834 g/mol. The van der Waals surface area contributed by atoms with Crippen molar-refractivity contribution in [1.82, 2.24) is 28.7 Å². The third kappa shape index (κ3) is 5.28. The number of benzene rings is 9. The first-order valence-electron chi connectivity index (χ1n) is 21.7. The summed E-state index contributed by atoms with van der Waals surface area (Å²) in [7, 11) is -3.44. The van der Waals surface area contributed by atoms with Crippen LogP contribution in [0.3, 0.4) is 0 Å². The lowest BCUT2D eigenvalue weighted by molar-refractivity contribution is 0.904. The maximum atomic E-state index is 5.82. The van der Waals surface area contributed by atoms with Gasteiger partial charge in [-0.2, -0.15) is 4.98 Å². The minimum Gasteiger partial charge on any atom is -0.309 e. The van der Waals surface area contributed by atoms with Crippen LogP contribution in [0.2, 0.25) is 0 Å². The molecule has 0 fully saturated rings. The van der Waals surface area contributed by atoms with Gasteiger partial charge in [0.1, 0.15) is 5.45 Å². The summed E-state index contributed by atoms with van der Waals surface area (Å²) in [5.74, 6) is 1.14. The first kappa shape index (κ1) is 36.3. The van der Waals surface area contributed by atoms with Gasteiger partial charge >= 0.3 is 0 Å². The van der Waals surface area contributed by atoms with Crippen LogP contribution < -0.4 is 21.0 Å². The van der Waals surface area contributed by atoms with E-state index in [1.54, 1.807) is 0 Å². The minimum atomic E-state index is -3.44. The molecule has 0 aliphatic rings. The molecular formula is C57H38N6Si. The summed E-state index contributed by atoms with van der Waals surface area (Å²) >= 11 is 0. The lowest BCUT2D eigenvalue weighted by Crippen LogP contribution is -2.76. The SMILES string of the molecule is c1ccc([Si](c2ccccc2)(c2cccc(-n3c4ccccc4c4ccccc43)c2)c2nc(-n3c4ccccc4c4ccccc43)nc(-n3c4ccccc4c4ccccc43)n2)cc1. The van der Waals surface area contributed by atoms with Gasteiger partial charge in [-0.15, -0.1) is 0 Å². The van der Waals surface area contributed by atoms with Crippen LogP contribution in [0.1, 0.15) is 0 Å². The van der Waals surface area contributed by atoms with Gasteiger partial charge in [0, 0.05) is 38.0 Å². The fourth-order valence-electron chi connectivity index (χ4n) is 10.3. The lowest BCUT2D eigenvalue weighted by Gasteiger charge is -2.33. The zero-order valence-electron chi connectivity index (χ0n) is 34.6. The van der Waals surface area contributed by atoms with Gasteiger partial charge in [-0.3, -0.25) is 9.13 Å². The molecule has 0 saturated heterocycles. The maximum absolute atomic E-state index is 5.82. The summed E-state index contributed by atoms with van der Waals surface area (Å²) in [6.45, 7) is 0. The van der Waals surface area contributed by atoms with E-state index in [2.05, 4.69) is 244 Å². The van der Waals surface area contributed by atoms with Gasteiger partial charge in [0.05, 0.1) is 33.1 Å². The van der Waals surface area contributed by atoms with Crippen molar-refractivity contribution in [3.8, 4) is 17.6 Å². The first-order valence-corrected chi connectivity index (χ1v) is 23.7. The molecule has 7 heteroatoms. The van der Waals surface area contributed by atoms with E-state index in [0.29, 0.717) is 11.9 Å². The second-order valence-corrected chi connectivity index (χ2v) is 20.1. The van der Waals surface area contributed by atoms with Crippen LogP contribution in [0.15, 0.2) is 231 Å². The standard InChI is InChI=1S/C57H38N6Si/c1-3-21-40(22-4-1)64(41-23-5-2-6-24-41,42-25-19-20-39(38-42)61-49-32-13-7-26-43(49)44-27-8-14-33-50(44)61)57-59-55(62-51-34-15-9-28-45(51)46-29-10-16-35-52(46)62)58-56(60-57)63-53-36-17-11-30-47(53)48-31-12-18-37-54(48)63/h1-38H. The molecule has 9 aromatic carbocycles. The van der Waals surface area contributed by atoms with Gasteiger partial charge in [-0.1, -0.05) is 182 Å². The number of aromatic nitrogens is 6. The quantitative estimate of drug-likeness (QED) is 0.119. The summed E-state index contributed by atoms with van der Waals surface area (Å²) in [6.07, 6.45) is 0. The topological polar surface area (TPSA) is 53.5 Å². The molecule has 6 nitrogen and oxygen atoms in total. The number of rotatable bonds is 7. The Hall–Kier alpha value is -8.39. The van der Waals surface area contributed by atoms with E-state index in [-0.39, 0.29) is 0 Å². The van der Waals surface area contributed by atoms with Crippen molar-refractivity contribution in [3.63, 3.8) is 0 Å². The van der Waals surface area contributed by atoms with E-state index in [0.717, 1.165) is 71.0 Å². The molecule has 300 valence electrons. The van der Waals surface area contributed by atoms with Gasteiger partial charge in [0.15, 0.2) is 0 Å². The molecule has 0 spiro atoms. The molecule has 13 rings (SSSR count). The lowest BCUT2D eigenvalue weighted by atomic mass is 10.2. The molecule has 0 saturated carbocycles. The number of fused-ring (bicyclic) bond motifs is 9. The number of para-hydroxylation sites is 6. The fraction of sp³-hybridized carbons (Fsp3) is 0. The summed E-state index contributed by atoms with van der Waals surface area (Å²) in [4.78, 5) is 17.2. The van der Waals surface area contributed by atoms with Crippen LogP contribution in [-0.2, 0) is 0 Å².